The number of amides is 2. The van der Waals surface area contributed by atoms with E-state index in [1.807, 2.05) is 6.92 Å². The van der Waals surface area contributed by atoms with Crippen LogP contribution in [0, 0.1) is 17.0 Å². The molecule has 8 heteroatoms. The van der Waals surface area contributed by atoms with E-state index in [9.17, 15) is 19.1 Å². The standard InChI is InChI=1S/C13H19N3O4S/c1-9-8-11(4-5-12(9)16(18)19)15-13(17)14-7-6-10(2)21(3)20/h4-5,8,10H,6-7H2,1-3H3,(H2,14,15,17)/t10-,21+/m0/s1. The Morgan fingerprint density at radius 1 is 1.48 bits per heavy atom. The van der Waals surface area contributed by atoms with Crippen molar-refractivity contribution in [2.24, 2.45) is 0 Å². The van der Waals surface area contributed by atoms with Crippen LogP contribution in [0.1, 0.15) is 18.9 Å². The number of anilines is 1. The van der Waals surface area contributed by atoms with Crippen LogP contribution in [0.2, 0.25) is 0 Å². The van der Waals surface area contributed by atoms with E-state index in [2.05, 4.69) is 10.6 Å². The van der Waals surface area contributed by atoms with Crippen molar-refractivity contribution in [2.45, 2.75) is 25.5 Å². The first kappa shape index (κ1) is 17.1. The van der Waals surface area contributed by atoms with Crippen LogP contribution in [0.3, 0.4) is 0 Å². The van der Waals surface area contributed by atoms with Gasteiger partial charge < -0.3 is 10.6 Å². The molecule has 2 amide bonds. The van der Waals surface area contributed by atoms with Gasteiger partial charge in [-0.1, -0.05) is 6.92 Å². The smallest absolute Gasteiger partial charge is 0.319 e. The molecule has 0 fully saturated rings. The summed E-state index contributed by atoms with van der Waals surface area (Å²) in [5.41, 5.74) is 0.982. The summed E-state index contributed by atoms with van der Waals surface area (Å²) in [6, 6.07) is 3.99. The summed E-state index contributed by atoms with van der Waals surface area (Å²) in [4.78, 5) is 21.9. The van der Waals surface area contributed by atoms with Gasteiger partial charge in [0.25, 0.3) is 5.69 Å². The highest BCUT2D eigenvalue weighted by Gasteiger charge is 2.11. The minimum Gasteiger partial charge on any atom is -0.338 e. The van der Waals surface area contributed by atoms with E-state index in [4.69, 9.17) is 0 Å². The summed E-state index contributed by atoms with van der Waals surface area (Å²) in [6.45, 7) is 3.88. The molecular weight excluding hydrogens is 294 g/mol. The summed E-state index contributed by atoms with van der Waals surface area (Å²) in [5, 5.41) is 16.0. The number of nitro benzene ring substituents is 1. The van der Waals surface area contributed by atoms with Gasteiger partial charge in [-0.2, -0.15) is 0 Å². The van der Waals surface area contributed by atoms with Crippen LogP contribution in [0.25, 0.3) is 0 Å². The third-order valence-corrected chi connectivity index (χ3v) is 4.42. The summed E-state index contributed by atoms with van der Waals surface area (Å²) in [6.07, 6.45) is 2.25. The van der Waals surface area contributed by atoms with Gasteiger partial charge in [0, 0.05) is 46.2 Å². The SMILES string of the molecule is Cc1cc(NC(=O)NCC[C@H](C)[S@@](C)=O)ccc1[N+](=O)[O-]. The molecular formula is C13H19N3O4S. The fraction of sp³-hybridized carbons (Fsp3) is 0.462. The van der Waals surface area contributed by atoms with Crippen LogP contribution < -0.4 is 10.6 Å². The number of aryl methyl sites for hydroxylation is 1. The molecule has 0 spiro atoms. The van der Waals surface area contributed by atoms with E-state index in [0.717, 1.165) is 0 Å². The Labute approximate surface area is 125 Å². The fourth-order valence-electron chi connectivity index (χ4n) is 1.67. The van der Waals surface area contributed by atoms with Crippen LogP contribution >= 0.6 is 0 Å². The van der Waals surface area contributed by atoms with Crippen molar-refractivity contribution >= 4 is 28.2 Å². The van der Waals surface area contributed by atoms with E-state index in [-0.39, 0.29) is 10.9 Å². The first-order chi connectivity index (χ1) is 9.81. The summed E-state index contributed by atoms with van der Waals surface area (Å²) >= 11 is 0. The van der Waals surface area contributed by atoms with Crippen LogP contribution in [0.5, 0.6) is 0 Å². The third kappa shape index (κ3) is 5.50. The number of nitro groups is 1. The van der Waals surface area contributed by atoms with Gasteiger partial charge in [0.15, 0.2) is 0 Å². The van der Waals surface area contributed by atoms with Crippen LogP contribution in [-0.2, 0) is 10.8 Å². The van der Waals surface area contributed by atoms with E-state index < -0.39 is 21.8 Å². The lowest BCUT2D eigenvalue weighted by molar-refractivity contribution is -0.385. The molecule has 1 aromatic rings. The summed E-state index contributed by atoms with van der Waals surface area (Å²) in [5.74, 6) is 0. The Kier molecular flexibility index (Phi) is 6.29. The van der Waals surface area contributed by atoms with Gasteiger partial charge in [-0.15, -0.1) is 0 Å². The number of benzene rings is 1. The second-order valence-electron chi connectivity index (χ2n) is 4.74. The zero-order valence-electron chi connectivity index (χ0n) is 12.2. The molecule has 0 aromatic heterocycles. The number of nitrogens with one attached hydrogen (secondary N) is 2. The Morgan fingerprint density at radius 3 is 2.67 bits per heavy atom. The quantitative estimate of drug-likeness (QED) is 0.620. The molecule has 0 aliphatic rings. The molecule has 116 valence electrons. The predicted molar refractivity (Wildman–Crippen MR) is 83.0 cm³/mol. The van der Waals surface area contributed by atoms with E-state index in [1.165, 1.54) is 12.1 Å². The van der Waals surface area contributed by atoms with Crippen molar-refractivity contribution in [3.8, 4) is 0 Å². The molecule has 0 radical (unpaired) electrons. The van der Waals surface area contributed by atoms with Gasteiger partial charge in [-0.25, -0.2) is 4.79 Å². The minimum atomic E-state index is -0.909. The maximum Gasteiger partial charge on any atom is 0.319 e. The molecule has 0 aliphatic heterocycles. The molecule has 2 atom stereocenters. The average molecular weight is 313 g/mol. The van der Waals surface area contributed by atoms with E-state index in [1.54, 1.807) is 19.2 Å². The molecule has 0 saturated heterocycles. The highest BCUT2D eigenvalue weighted by molar-refractivity contribution is 7.84. The first-order valence-corrected chi connectivity index (χ1v) is 8.05. The molecule has 0 bridgehead atoms. The van der Waals surface area contributed by atoms with Gasteiger partial charge in [0.2, 0.25) is 0 Å². The summed E-state index contributed by atoms with van der Waals surface area (Å²) in [7, 11) is -0.909. The Balaban J connectivity index is 2.50. The fourth-order valence-corrected chi connectivity index (χ4v) is 2.12. The van der Waals surface area contributed by atoms with Gasteiger partial charge in [0.1, 0.15) is 0 Å². The maximum absolute atomic E-state index is 11.7. The third-order valence-electron chi connectivity index (χ3n) is 3.05. The maximum atomic E-state index is 11.7. The van der Waals surface area contributed by atoms with E-state index in [0.29, 0.717) is 24.2 Å². The zero-order valence-corrected chi connectivity index (χ0v) is 13.0. The van der Waals surface area contributed by atoms with Crippen molar-refractivity contribution in [2.75, 3.05) is 18.1 Å². The second kappa shape index (κ2) is 7.72. The number of hydrogen-bond acceptors (Lipinski definition) is 4. The lowest BCUT2D eigenvalue weighted by Gasteiger charge is -2.10. The van der Waals surface area contributed by atoms with Crippen molar-refractivity contribution < 1.29 is 13.9 Å². The largest absolute Gasteiger partial charge is 0.338 e. The van der Waals surface area contributed by atoms with Crippen molar-refractivity contribution in [3.05, 3.63) is 33.9 Å². The number of hydrogen-bond donors (Lipinski definition) is 2. The van der Waals surface area contributed by atoms with Crippen LogP contribution in [0.15, 0.2) is 18.2 Å². The monoisotopic (exact) mass is 313 g/mol. The van der Waals surface area contributed by atoms with Gasteiger partial charge in [0.05, 0.1) is 4.92 Å². The topological polar surface area (TPSA) is 101 Å². The van der Waals surface area contributed by atoms with Crippen molar-refractivity contribution in [1.82, 2.24) is 5.32 Å². The van der Waals surface area contributed by atoms with Crippen molar-refractivity contribution in [1.29, 1.82) is 0 Å². The average Bonchev–Trinajstić information content (AvgIpc) is 2.37. The molecule has 7 nitrogen and oxygen atoms in total. The number of nitrogens with zero attached hydrogens (tertiary/aromatic N) is 1. The van der Waals surface area contributed by atoms with Gasteiger partial charge in [-0.3, -0.25) is 14.3 Å². The molecule has 0 heterocycles. The van der Waals surface area contributed by atoms with Gasteiger partial charge >= 0.3 is 6.03 Å². The molecule has 0 saturated carbocycles. The molecule has 1 rings (SSSR count). The normalized spacial score (nSPS) is 13.3. The van der Waals surface area contributed by atoms with Crippen LogP contribution in [-0.4, -0.2) is 33.2 Å². The predicted octanol–water partition coefficient (Wildman–Crippen LogP) is 2.18. The Hall–Kier alpha value is -1.96. The van der Waals surface area contributed by atoms with E-state index >= 15 is 0 Å². The molecule has 1 aromatic carbocycles. The minimum absolute atomic E-state index is 0.0141. The number of urea groups is 1. The molecule has 2 N–H and O–H groups in total. The highest BCUT2D eigenvalue weighted by atomic mass is 32.2. The Bertz CT molecular complexity index is 562. The number of carbonyl (C=O) groups excluding carboxylic acids is 1. The first-order valence-electron chi connectivity index (χ1n) is 6.43. The molecule has 21 heavy (non-hydrogen) atoms. The number of carbonyl (C=O) groups is 1. The Morgan fingerprint density at radius 2 is 2.14 bits per heavy atom. The highest BCUT2D eigenvalue weighted by Crippen LogP contribution is 2.21. The lowest BCUT2D eigenvalue weighted by atomic mass is 10.2. The summed E-state index contributed by atoms with van der Waals surface area (Å²) < 4.78 is 11.2. The van der Waals surface area contributed by atoms with Gasteiger partial charge in [-0.05, 0) is 25.5 Å². The molecule has 0 unspecified atom stereocenters. The zero-order chi connectivity index (χ0) is 16.0. The van der Waals surface area contributed by atoms with Crippen molar-refractivity contribution in [3.63, 3.8) is 0 Å². The lowest BCUT2D eigenvalue weighted by Crippen LogP contribution is -2.31. The van der Waals surface area contributed by atoms with Crippen LogP contribution in [0.4, 0.5) is 16.2 Å². The number of rotatable bonds is 6. The second-order valence-corrected chi connectivity index (χ2v) is 6.54. The molecule has 0 aliphatic carbocycles.